The second kappa shape index (κ2) is 4.75. The van der Waals surface area contributed by atoms with Gasteiger partial charge in [-0.05, 0) is 13.3 Å². The molecule has 2 rings (SSSR count). The summed E-state index contributed by atoms with van der Waals surface area (Å²) in [7, 11) is -3.46. The molecule has 7 heteroatoms. The van der Waals surface area contributed by atoms with Crippen molar-refractivity contribution in [1.29, 1.82) is 0 Å². The molecule has 0 aromatic carbocycles. The van der Waals surface area contributed by atoms with Crippen molar-refractivity contribution in [1.82, 2.24) is 19.6 Å². The van der Waals surface area contributed by atoms with E-state index in [-0.39, 0.29) is 11.1 Å². The maximum absolute atomic E-state index is 12.0. The van der Waals surface area contributed by atoms with E-state index in [1.807, 2.05) is 18.4 Å². The highest BCUT2D eigenvalue weighted by atomic mass is 32.2. The third-order valence-electron chi connectivity index (χ3n) is 2.80. The van der Waals surface area contributed by atoms with Gasteiger partial charge in [0.2, 0.25) is 0 Å². The fraction of sp³-hybridized carbons (Fsp3) is 0.700. The second-order valence-electron chi connectivity index (χ2n) is 4.30. The van der Waals surface area contributed by atoms with Crippen LogP contribution < -0.4 is 10.0 Å². The Hall–Kier alpha value is -0.920. The Morgan fingerprint density at radius 3 is 2.82 bits per heavy atom. The fourth-order valence-electron chi connectivity index (χ4n) is 1.73. The summed E-state index contributed by atoms with van der Waals surface area (Å²) in [5, 5.41) is 3.14. The largest absolute Gasteiger partial charge is 0.334 e. The molecule has 1 aliphatic heterocycles. The number of nitrogens with one attached hydrogen (secondary N) is 2. The molecule has 6 nitrogen and oxygen atoms in total. The van der Waals surface area contributed by atoms with Gasteiger partial charge in [0.1, 0.15) is 5.82 Å². The molecule has 0 spiro atoms. The van der Waals surface area contributed by atoms with Crippen molar-refractivity contribution in [2.75, 3.05) is 13.1 Å². The van der Waals surface area contributed by atoms with E-state index in [1.54, 1.807) is 6.20 Å². The molecule has 0 bridgehead atoms. The SMILES string of the molecule is CCCn1cc(S(=O)(=O)NC2CNC2)nc1C. The summed E-state index contributed by atoms with van der Waals surface area (Å²) in [6.07, 6.45) is 2.56. The fourth-order valence-corrected chi connectivity index (χ4v) is 2.97. The first-order valence-electron chi connectivity index (χ1n) is 5.79. The molecule has 1 saturated heterocycles. The molecule has 0 aliphatic carbocycles. The molecule has 0 atom stereocenters. The van der Waals surface area contributed by atoms with Gasteiger partial charge in [0.05, 0.1) is 0 Å². The van der Waals surface area contributed by atoms with Crippen molar-refractivity contribution >= 4 is 10.0 Å². The minimum absolute atomic E-state index is 0.00312. The number of aryl methyl sites for hydroxylation is 2. The molecule has 96 valence electrons. The van der Waals surface area contributed by atoms with E-state index in [0.717, 1.165) is 18.8 Å². The summed E-state index contributed by atoms with van der Waals surface area (Å²) in [6, 6.07) is -0.00312. The molecular formula is C10H18N4O2S. The molecule has 2 N–H and O–H groups in total. The highest BCUT2D eigenvalue weighted by molar-refractivity contribution is 7.89. The first-order valence-corrected chi connectivity index (χ1v) is 7.28. The van der Waals surface area contributed by atoms with Crippen molar-refractivity contribution in [3.63, 3.8) is 0 Å². The summed E-state index contributed by atoms with van der Waals surface area (Å²) in [5.74, 6) is 0.735. The molecule has 0 saturated carbocycles. The molecule has 0 amide bonds. The van der Waals surface area contributed by atoms with Crippen LogP contribution in [0.3, 0.4) is 0 Å². The number of imidazole rings is 1. The molecule has 2 heterocycles. The van der Waals surface area contributed by atoms with Gasteiger partial charge in [-0.25, -0.2) is 18.1 Å². The zero-order chi connectivity index (χ0) is 12.5. The average Bonchev–Trinajstić information content (AvgIpc) is 2.56. The smallest absolute Gasteiger partial charge is 0.259 e. The first kappa shape index (κ1) is 12.5. The van der Waals surface area contributed by atoms with Crippen LogP contribution >= 0.6 is 0 Å². The molecule has 0 unspecified atom stereocenters. The van der Waals surface area contributed by atoms with Crippen LogP contribution in [-0.4, -0.2) is 37.1 Å². The molecule has 17 heavy (non-hydrogen) atoms. The Morgan fingerprint density at radius 1 is 1.59 bits per heavy atom. The maximum atomic E-state index is 12.0. The summed E-state index contributed by atoms with van der Waals surface area (Å²) in [4.78, 5) is 4.10. The molecule has 1 aromatic rings. The first-order chi connectivity index (χ1) is 8.03. The second-order valence-corrected chi connectivity index (χ2v) is 5.96. The summed E-state index contributed by atoms with van der Waals surface area (Å²) in [6.45, 7) is 6.03. The Balaban J connectivity index is 2.17. The average molecular weight is 258 g/mol. The van der Waals surface area contributed by atoms with E-state index in [1.165, 1.54) is 0 Å². The van der Waals surface area contributed by atoms with Crippen molar-refractivity contribution < 1.29 is 8.42 Å². The van der Waals surface area contributed by atoms with Gasteiger partial charge in [-0.3, -0.25) is 0 Å². The van der Waals surface area contributed by atoms with Crippen molar-refractivity contribution in [2.24, 2.45) is 0 Å². The predicted molar refractivity (Wildman–Crippen MR) is 64.2 cm³/mol. The Kier molecular flexibility index (Phi) is 3.50. The number of sulfonamides is 1. The summed E-state index contributed by atoms with van der Waals surface area (Å²) < 4.78 is 28.5. The van der Waals surface area contributed by atoms with Gasteiger partial charge in [-0.15, -0.1) is 0 Å². The van der Waals surface area contributed by atoms with E-state index >= 15 is 0 Å². The maximum Gasteiger partial charge on any atom is 0.259 e. The molecule has 0 radical (unpaired) electrons. The number of aromatic nitrogens is 2. The Morgan fingerprint density at radius 2 is 2.29 bits per heavy atom. The van der Waals surface area contributed by atoms with Crippen LogP contribution in [-0.2, 0) is 16.6 Å². The number of hydrogen-bond donors (Lipinski definition) is 2. The number of rotatable bonds is 5. The van der Waals surface area contributed by atoms with Crippen LogP contribution in [0.15, 0.2) is 11.2 Å². The van der Waals surface area contributed by atoms with Gasteiger partial charge < -0.3 is 9.88 Å². The van der Waals surface area contributed by atoms with E-state index < -0.39 is 10.0 Å². The Labute approximate surface area is 101 Å². The predicted octanol–water partition coefficient (Wildman–Crippen LogP) is -0.148. The zero-order valence-electron chi connectivity index (χ0n) is 10.1. The third-order valence-corrected chi connectivity index (χ3v) is 4.19. The monoisotopic (exact) mass is 258 g/mol. The van der Waals surface area contributed by atoms with E-state index in [4.69, 9.17) is 0 Å². The van der Waals surface area contributed by atoms with Gasteiger partial charge in [-0.2, -0.15) is 0 Å². The molecule has 1 aliphatic rings. The van der Waals surface area contributed by atoms with Gasteiger partial charge in [0.25, 0.3) is 10.0 Å². The summed E-state index contributed by atoms with van der Waals surface area (Å²) in [5.41, 5.74) is 0. The normalized spacial score (nSPS) is 17.1. The molecular weight excluding hydrogens is 240 g/mol. The van der Waals surface area contributed by atoms with Crippen molar-refractivity contribution in [3.8, 4) is 0 Å². The highest BCUT2D eigenvalue weighted by Gasteiger charge is 2.26. The highest BCUT2D eigenvalue weighted by Crippen LogP contribution is 2.11. The zero-order valence-corrected chi connectivity index (χ0v) is 10.9. The third kappa shape index (κ3) is 2.67. The topological polar surface area (TPSA) is 76.0 Å². The van der Waals surface area contributed by atoms with Gasteiger partial charge >= 0.3 is 0 Å². The molecule has 1 aromatic heterocycles. The quantitative estimate of drug-likeness (QED) is 0.770. The lowest BCUT2D eigenvalue weighted by Crippen LogP contribution is -2.56. The lowest BCUT2D eigenvalue weighted by molar-refractivity contribution is 0.410. The van der Waals surface area contributed by atoms with E-state index in [9.17, 15) is 8.42 Å². The lowest BCUT2D eigenvalue weighted by Gasteiger charge is -2.27. The van der Waals surface area contributed by atoms with E-state index in [0.29, 0.717) is 13.1 Å². The van der Waals surface area contributed by atoms with E-state index in [2.05, 4.69) is 15.0 Å². The Bertz CT molecular complexity index is 490. The van der Waals surface area contributed by atoms with Crippen LogP contribution in [0.2, 0.25) is 0 Å². The minimum atomic E-state index is -3.46. The van der Waals surface area contributed by atoms with Crippen molar-refractivity contribution in [3.05, 3.63) is 12.0 Å². The van der Waals surface area contributed by atoms with Crippen LogP contribution in [0.1, 0.15) is 19.2 Å². The molecule has 1 fully saturated rings. The summed E-state index contributed by atoms with van der Waals surface area (Å²) >= 11 is 0. The van der Waals surface area contributed by atoms with Crippen LogP contribution in [0.25, 0.3) is 0 Å². The van der Waals surface area contributed by atoms with Gasteiger partial charge in [0, 0.05) is 31.9 Å². The van der Waals surface area contributed by atoms with Crippen molar-refractivity contribution in [2.45, 2.75) is 37.9 Å². The van der Waals surface area contributed by atoms with Crippen LogP contribution in [0.5, 0.6) is 0 Å². The number of hydrogen-bond acceptors (Lipinski definition) is 4. The number of nitrogens with zero attached hydrogens (tertiary/aromatic N) is 2. The minimum Gasteiger partial charge on any atom is -0.334 e. The standard InChI is InChI=1S/C10H18N4O2S/c1-3-4-14-7-10(12-8(14)2)17(15,16)13-9-5-11-6-9/h7,9,11,13H,3-6H2,1-2H3. The lowest BCUT2D eigenvalue weighted by atomic mass is 10.2. The van der Waals surface area contributed by atoms with Crippen LogP contribution in [0.4, 0.5) is 0 Å². The van der Waals surface area contributed by atoms with Gasteiger partial charge in [0.15, 0.2) is 5.03 Å². The van der Waals surface area contributed by atoms with Gasteiger partial charge in [-0.1, -0.05) is 6.92 Å². The van der Waals surface area contributed by atoms with Crippen LogP contribution in [0, 0.1) is 6.92 Å².